The Labute approximate surface area is 153 Å². The Morgan fingerprint density at radius 1 is 1.33 bits per heavy atom. The number of aromatic nitrogens is 1. The van der Waals surface area contributed by atoms with Gasteiger partial charge in [0.1, 0.15) is 0 Å². The van der Waals surface area contributed by atoms with E-state index in [9.17, 15) is 22.8 Å². The summed E-state index contributed by atoms with van der Waals surface area (Å²) in [6.45, 7) is 1.13. The molecule has 3 N–H and O–H groups in total. The third-order valence-electron chi connectivity index (χ3n) is 5.01. The normalized spacial score (nSPS) is 20.2. The fraction of sp³-hybridized carbons (Fsp3) is 0.444. The number of hydrogen-bond donors (Lipinski definition) is 3. The van der Waals surface area contributed by atoms with Crippen molar-refractivity contribution in [1.82, 2.24) is 15.2 Å². The summed E-state index contributed by atoms with van der Waals surface area (Å²) in [5.41, 5.74) is 3.07. The Hall–Kier alpha value is -2.71. The number of nitrogens with zero attached hydrogens (tertiary/aromatic N) is 1. The highest BCUT2D eigenvalue weighted by atomic mass is 19.4. The molecule has 2 atom stereocenters. The number of halogens is 3. The molecule has 1 aromatic carbocycles. The number of carboxylic acids is 1. The van der Waals surface area contributed by atoms with Crippen molar-refractivity contribution >= 4 is 22.9 Å². The molecule has 27 heavy (non-hydrogen) atoms. The van der Waals surface area contributed by atoms with Crippen LogP contribution >= 0.6 is 0 Å². The maximum atomic E-state index is 13.0. The van der Waals surface area contributed by atoms with Gasteiger partial charge < -0.3 is 20.3 Å². The summed E-state index contributed by atoms with van der Waals surface area (Å²) in [5, 5.41) is 12.7. The number of nitrogens with one attached hydrogen (secondary N) is 2. The van der Waals surface area contributed by atoms with Crippen LogP contribution in [0.25, 0.3) is 10.9 Å². The number of amides is 2. The quantitative estimate of drug-likeness (QED) is 0.759. The van der Waals surface area contributed by atoms with Crippen molar-refractivity contribution in [2.75, 3.05) is 19.6 Å². The molecule has 9 heteroatoms. The molecule has 1 aliphatic heterocycles. The third-order valence-corrected chi connectivity index (χ3v) is 5.01. The van der Waals surface area contributed by atoms with E-state index in [-0.39, 0.29) is 6.54 Å². The van der Waals surface area contributed by atoms with Crippen LogP contribution in [-0.2, 0) is 11.2 Å². The molecular formula is C18H20F3N3O3. The summed E-state index contributed by atoms with van der Waals surface area (Å²) in [6.07, 6.45) is -2.30. The molecule has 0 aliphatic carbocycles. The summed E-state index contributed by atoms with van der Waals surface area (Å²) in [7, 11) is 0. The van der Waals surface area contributed by atoms with Crippen molar-refractivity contribution < 1.29 is 27.9 Å². The fourth-order valence-corrected chi connectivity index (χ4v) is 3.62. The first-order valence-corrected chi connectivity index (χ1v) is 8.56. The number of aryl methyl sites for hydroxylation is 1. The second-order valence-corrected chi connectivity index (χ2v) is 6.79. The lowest BCUT2D eigenvalue weighted by molar-refractivity contribution is -0.187. The van der Waals surface area contributed by atoms with Gasteiger partial charge in [-0.15, -0.1) is 0 Å². The Morgan fingerprint density at radius 2 is 2.07 bits per heavy atom. The minimum absolute atomic E-state index is 0.241. The van der Waals surface area contributed by atoms with Crippen molar-refractivity contribution in [1.29, 1.82) is 0 Å². The molecule has 3 rings (SSSR count). The molecule has 2 heterocycles. The number of carboxylic acid groups (broad SMARTS) is 1. The second kappa shape index (κ2) is 7.13. The first kappa shape index (κ1) is 19.1. The van der Waals surface area contributed by atoms with E-state index in [0.717, 1.165) is 26.9 Å². The van der Waals surface area contributed by atoms with E-state index in [4.69, 9.17) is 5.11 Å². The number of likely N-dealkylation sites (tertiary alicyclic amines) is 1. The van der Waals surface area contributed by atoms with E-state index >= 15 is 0 Å². The van der Waals surface area contributed by atoms with Gasteiger partial charge in [0.15, 0.2) is 0 Å². The van der Waals surface area contributed by atoms with E-state index in [1.807, 2.05) is 31.3 Å². The van der Waals surface area contributed by atoms with Gasteiger partial charge in [-0.1, -0.05) is 12.1 Å². The highest BCUT2D eigenvalue weighted by molar-refractivity contribution is 5.86. The minimum Gasteiger partial charge on any atom is -0.481 e. The first-order chi connectivity index (χ1) is 12.7. The van der Waals surface area contributed by atoms with Gasteiger partial charge in [-0.05, 0) is 30.5 Å². The van der Waals surface area contributed by atoms with Crippen LogP contribution in [0.2, 0.25) is 0 Å². The lowest BCUT2D eigenvalue weighted by Crippen LogP contribution is -2.40. The summed E-state index contributed by atoms with van der Waals surface area (Å²) in [6, 6.07) is 5.18. The topological polar surface area (TPSA) is 85.4 Å². The van der Waals surface area contributed by atoms with Crippen LogP contribution in [-0.4, -0.2) is 52.8 Å². The lowest BCUT2D eigenvalue weighted by Gasteiger charge is -2.18. The van der Waals surface area contributed by atoms with E-state index in [0.29, 0.717) is 6.42 Å². The molecule has 0 bridgehead atoms. The molecule has 2 amide bonds. The number of aliphatic carboxylic acids is 1. The van der Waals surface area contributed by atoms with Crippen molar-refractivity contribution in [3.63, 3.8) is 0 Å². The molecule has 6 nitrogen and oxygen atoms in total. The molecule has 1 saturated heterocycles. The maximum Gasteiger partial charge on any atom is 0.394 e. The largest absolute Gasteiger partial charge is 0.481 e. The number of carbonyl (C=O) groups excluding carboxylic acids is 1. The van der Waals surface area contributed by atoms with E-state index in [1.54, 1.807) is 0 Å². The monoisotopic (exact) mass is 383 g/mol. The van der Waals surface area contributed by atoms with Crippen molar-refractivity contribution in [2.24, 2.45) is 11.8 Å². The summed E-state index contributed by atoms with van der Waals surface area (Å²) < 4.78 is 39.0. The van der Waals surface area contributed by atoms with Crippen LogP contribution in [0.15, 0.2) is 24.4 Å². The molecule has 0 spiro atoms. The number of hydrogen-bond acceptors (Lipinski definition) is 2. The summed E-state index contributed by atoms with van der Waals surface area (Å²) >= 11 is 0. The molecule has 1 fully saturated rings. The molecule has 146 valence electrons. The number of aromatic amines is 1. The SMILES string of the molecule is Cc1cccc2[nH]cc(CCNC(=O)N3C[C@@H](C(F)(F)F)[C@H](C(=O)O)C3)c12. The van der Waals surface area contributed by atoms with Crippen molar-refractivity contribution in [2.45, 2.75) is 19.5 Å². The number of carbonyl (C=O) groups is 2. The number of benzene rings is 1. The van der Waals surface area contributed by atoms with Gasteiger partial charge in [-0.3, -0.25) is 4.79 Å². The molecule has 1 aliphatic rings. The van der Waals surface area contributed by atoms with Crippen LogP contribution in [0.1, 0.15) is 11.1 Å². The third kappa shape index (κ3) is 3.86. The standard InChI is InChI=1S/C18H20F3N3O3/c1-10-3-2-4-14-15(10)11(7-23-14)5-6-22-17(27)24-8-12(16(25)26)13(9-24)18(19,20)21/h2-4,7,12-13,23H,5-6,8-9H2,1H3,(H,22,27)(H,25,26)/t12-,13-/m1/s1. The van der Waals surface area contributed by atoms with Gasteiger partial charge in [-0.25, -0.2) is 4.79 Å². The molecule has 0 unspecified atom stereocenters. The fourth-order valence-electron chi connectivity index (χ4n) is 3.62. The number of urea groups is 1. The zero-order valence-electron chi connectivity index (χ0n) is 14.6. The molecule has 0 radical (unpaired) electrons. The van der Waals surface area contributed by atoms with Crippen LogP contribution in [0, 0.1) is 18.8 Å². The minimum atomic E-state index is -4.65. The Kier molecular flexibility index (Phi) is 5.03. The number of alkyl halides is 3. The number of rotatable bonds is 4. The molecule has 0 saturated carbocycles. The zero-order valence-corrected chi connectivity index (χ0v) is 14.6. The average Bonchev–Trinajstić information content (AvgIpc) is 3.20. The predicted molar refractivity (Wildman–Crippen MR) is 92.4 cm³/mol. The number of fused-ring (bicyclic) bond motifs is 1. The van der Waals surface area contributed by atoms with E-state index < -0.39 is 43.1 Å². The highest BCUT2D eigenvalue weighted by Crippen LogP contribution is 2.37. The van der Waals surface area contributed by atoms with Gasteiger partial charge in [-0.2, -0.15) is 13.2 Å². The van der Waals surface area contributed by atoms with E-state index in [2.05, 4.69) is 10.3 Å². The van der Waals surface area contributed by atoms with Crippen LogP contribution in [0.3, 0.4) is 0 Å². The number of H-pyrrole nitrogens is 1. The Morgan fingerprint density at radius 3 is 2.70 bits per heavy atom. The van der Waals surface area contributed by atoms with Crippen molar-refractivity contribution in [3.8, 4) is 0 Å². The van der Waals surface area contributed by atoms with Gasteiger partial charge in [0, 0.05) is 36.7 Å². The van der Waals surface area contributed by atoms with Gasteiger partial charge in [0.05, 0.1) is 11.8 Å². The highest BCUT2D eigenvalue weighted by Gasteiger charge is 2.53. The zero-order chi connectivity index (χ0) is 19.8. The van der Waals surface area contributed by atoms with Crippen LogP contribution in [0.5, 0.6) is 0 Å². The maximum absolute atomic E-state index is 13.0. The lowest BCUT2D eigenvalue weighted by atomic mass is 9.96. The van der Waals surface area contributed by atoms with Crippen molar-refractivity contribution in [3.05, 3.63) is 35.5 Å². The molecular weight excluding hydrogens is 363 g/mol. The molecule has 1 aromatic heterocycles. The van der Waals surface area contributed by atoms with Gasteiger partial charge in [0.2, 0.25) is 0 Å². The summed E-state index contributed by atoms with van der Waals surface area (Å²) in [5.74, 6) is -5.22. The average molecular weight is 383 g/mol. The summed E-state index contributed by atoms with van der Waals surface area (Å²) in [4.78, 5) is 27.4. The molecule has 2 aromatic rings. The van der Waals surface area contributed by atoms with Gasteiger partial charge in [0.25, 0.3) is 0 Å². The Balaban J connectivity index is 1.60. The van der Waals surface area contributed by atoms with Crippen LogP contribution in [0.4, 0.5) is 18.0 Å². The van der Waals surface area contributed by atoms with Crippen LogP contribution < -0.4 is 5.32 Å². The Bertz CT molecular complexity index is 862. The second-order valence-electron chi connectivity index (χ2n) is 6.79. The first-order valence-electron chi connectivity index (χ1n) is 8.56. The van der Waals surface area contributed by atoms with E-state index in [1.165, 1.54) is 0 Å². The smallest absolute Gasteiger partial charge is 0.394 e. The predicted octanol–water partition coefficient (Wildman–Crippen LogP) is 2.92. The van der Waals surface area contributed by atoms with Gasteiger partial charge >= 0.3 is 18.2 Å².